The van der Waals surface area contributed by atoms with Gasteiger partial charge in [-0.3, -0.25) is 0 Å². The Kier molecular flexibility index (Phi) is 4.01. The number of rotatable bonds is 4. The number of allylic oxidation sites excluding steroid dienone is 1. The van der Waals surface area contributed by atoms with E-state index < -0.39 is 0 Å². The molecule has 0 unspecified atom stereocenters. The Morgan fingerprint density at radius 3 is 2.35 bits per heavy atom. The molecule has 1 aromatic rings. The highest BCUT2D eigenvalue weighted by molar-refractivity contribution is 5.63. The van der Waals surface area contributed by atoms with Crippen LogP contribution in [0.15, 0.2) is 36.9 Å². The number of benzene rings is 1. The maximum absolute atomic E-state index is 9.70. The zero-order valence-corrected chi connectivity index (χ0v) is 10.5. The molecule has 0 aromatic heterocycles. The maximum atomic E-state index is 9.70. The van der Waals surface area contributed by atoms with Crippen LogP contribution in [0.1, 0.15) is 44.1 Å². The second-order valence-corrected chi connectivity index (χ2v) is 5.37. The van der Waals surface area contributed by atoms with E-state index in [9.17, 15) is 5.11 Å². The molecule has 1 aromatic carbocycles. The molecule has 92 valence electrons. The monoisotopic (exact) mass is 230 g/mol. The quantitative estimate of drug-likeness (QED) is 0.828. The standard InChI is InChI=1S/C16H22O/c1-14(15-8-4-2-5-9-15)12-16(13-17)10-6-3-7-11-16/h2,4-5,8-9,17H,1,3,6-7,10-13H2. The van der Waals surface area contributed by atoms with Crippen molar-refractivity contribution in [3.63, 3.8) is 0 Å². The third-order valence-corrected chi connectivity index (χ3v) is 4.02. The van der Waals surface area contributed by atoms with Crippen molar-refractivity contribution < 1.29 is 5.11 Å². The average Bonchev–Trinajstić information content (AvgIpc) is 2.41. The van der Waals surface area contributed by atoms with Gasteiger partial charge in [-0.15, -0.1) is 0 Å². The van der Waals surface area contributed by atoms with Gasteiger partial charge in [-0.1, -0.05) is 56.2 Å². The summed E-state index contributed by atoms with van der Waals surface area (Å²) in [6.07, 6.45) is 7.06. The van der Waals surface area contributed by atoms with Crippen molar-refractivity contribution in [2.45, 2.75) is 38.5 Å². The van der Waals surface area contributed by atoms with Crippen LogP contribution in [0, 0.1) is 5.41 Å². The molecule has 0 radical (unpaired) electrons. The Bertz CT molecular complexity index is 360. The third kappa shape index (κ3) is 2.98. The summed E-state index contributed by atoms with van der Waals surface area (Å²) in [5.74, 6) is 0. The molecule has 1 N–H and O–H groups in total. The van der Waals surface area contributed by atoms with E-state index >= 15 is 0 Å². The summed E-state index contributed by atoms with van der Waals surface area (Å²) in [5, 5.41) is 9.70. The molecule has 1 nitrogen and oxygen atoms in total. The molecular formula is C16H22O. The number of hydrogen-bond acceptors (Lipinski definition) is 1. The third-order valence-electron chi connectivity index (χ3n) is 4.02. The summed E-state index contributed by atoms with van der Waals surface area (Å²) in [7, 11) is 0. The van der Waals surface area contributed by atoms with Crippen LogP contribution in [-0.4, -0.2) is 11.7 Å². The minimum atomic E-state index is 0.102. The molecule has 0 atom stereocenters. The topological polar surface area (TPSA) is 20.2 Å². The number of hydrogen-bond donors (Lipinski definition) is 1. The van der Waals surface area contributed by atoms with Crippen LogP contribution in [0.25, 0.3) is 5.57 Å². The fourth-order valence-electron chi connectivity index (χ4n) is 2.92. The Hall–Kier alpha value is -1.08. The van der Waals surface area contributed by atoms with Crippen LogP contribution in [0.5, 0.6) is 0 Å². The zero-order valence-electron chi connectivity index (χ0n) is 10.5. The summed E-state index contributed by atoms with van der Waals surface area (Å²) in [6, 6.07) is 10.3. The molecule has 0 amide bonds. The Balaban J connectivity index is 2.06. The lowest BCUT2D eigenvalue weighted by Gasteiger charge is -2.36. The molecule has 2 rings (SSSR count). The van der Waals surface area contributed by atoms with Gasteiger partial charge < -0.3 is 5.11 Å². The van der Waals surface area contributed by atoms with Gasteiger partial charge in [0, 0.05) is 6.61 Å². The maximum Gasteiger partial charge on any atom is 0.0490 e. The van der Waals surface area contributed by atoms with Gasteiger partial charge >= 0.3 is 0 Å². The summed E-state index contributed by atoms with van der Waals surface area (Å²) < 4.78 is 0. The minimum absolute atomic E-state index is 0.102. The summed E-state index contributed by atoms with van der Waals surface area (Å²) in [6.45, 7) is 4.51. The van der Waals surface area contributed by atoms with Crippen molar-refractivity contribution in [1.29, 1.82) is 0 Å². The Labute approximate surface area is 104 Å². The van der Waals surface area contributed by atoms with Gasteiger partial charge in [0.15, 0.2) is 0 Å². The summed E-state index contributed by atoms with van der Waals surface area (Å²) in [4.78, 5) is 0. The molecule has 17 heavy (non-hydrogen) atoms. The van der Waals surface area contributed by atoms with E-state index in [-0.39, 0.29) is 5.41 Å². The van der Waals surface area contributed by atoms with Crippen molar-refractivity contribution in [3.8, 4) is 0 Å². The molecule has 1 aliphatic rings. The molecule has 0 saturated heterocycles. The summed E-state index contributed by atoms with van der Waals surface area (Å²) in [5.41, 5.74) is 2.48. The zero-order chi connectivity index (χ0) is 12.1. The fraction of sp³-hybridized carbons (Fsp3) is 0.500. The van der Waals surface area contributed by atoms with E-state index in [0.717, 1.165) is 19.3 Å². The van der Waals surface area contributed by atoms with Crippen LogP contribution >= 0.6 is 0 Å². The number of aliphatic hydroxyl groups is 1. The van der Waals surface area contributed by atoms with E-state index in [4.69, 9.17) is 0 Å². The van der Waals surface area contributed by atoms with Gasteiger partial charge in [0.05, 0.1) is 0 Å². The normalized spacial score (nSPS) is 18.9. The Morgan fingerprint density at radius 1 is 1.12 bits per heavy atom. The van der Waals surface area contributed by atoms with Gasteiger partial charge in [-0.05, 0) is 35.8 Å². The van der Waals surface area contributed by atoms with E-state index in [1.165, 1.54) is 30.4 Å². The van der Waals surface area contributed by atoms with E-state index in [1.54, 1.807) is 0 Å². The SMILES string of the molecule is C=C(CC1(CO)CCCCC1)c1ccccc1. The van der Waals surface area contributed by atoms with Gasteiger partial charge in [0.1, 0.15) is 0 Å². The molecule has 0 aliphatic heterocycles. The van der Waals surface area contributed by atoms with Crippen molar-refractivity contribution in [2.24, 2.45) is 5.41 Å². The van der Waals surface area contributed by atoms with Crippen LogP contribution < -0.4 is 0 Å². The molecule has 1 aliphatic carbocycles. The Morgan fingerprint density at radius 2 is 1.76 bits per heavy atom. The highest BCUT2D eigenvalue weighted by Crippen LogP contribution is 2.42. The van der Waals surface area contributed by atoms with Gasteiger partial charge in [-0.2, -0.15) is 0 Å². The van der Waals surface area contributed by atoms with E-state index in [2.05, 4.69) is 18.7 Å². The molecular weight excluding hydrogens is 208 g/mol. The van der Waals surface area contributed by atoms with Crippen LogP contribution in [0.3, 0.4) is 0 Å². The van der Waals surface area contributed by atoms with Gasteiger partial charge in [0.2, 0.25) is 0 Å². The minimum Gasteiger partial charge on any atom is -0.396 e. The number of aliphatic hydroxyl groups excluding tert-OH is 1. The largest absolute Gasteiger partial charge is 0.396 e. The lowest BCUT2D eigenvalue weighted by atomic mass is 9.70. The van der Waals surface area contributed by atoms with Crippen molar-refractivity contribution >= 4 is 5.57 Å². The van der Waals surface area contributed by atoms with Crippen LogP contribution in [-0.2, 0) is 0 Å². The molecule has 0 spiro atoms. The lowest BCUT2D eigenvalue weighted by Crippen LogP contribution is -2.28. The molecule has 1 fully saturated rings. The van der Waals surface area contributed by atoms with Crippen molar-refractivity contribution in [2.75, 3.05) is 6.61 Å². The first-order valence-electron chi connectivity index (χ1n) is 6.60. The smallest absolute Gasteiger partial charge is 0.0490 e. The van der Waals surface area contributed by atoms with Gasteiger partial charge in [0.25, 0.3) is 0 Å². The molecule has 0 bridgehead atoms. The van der Waals surface area contributed by atoms with Gasteiger partial charge in [-0.25, -0.2) is 0 Å². The second kappa shape index (κ2) is 5.50. The predicted octanol–water partition coefficient (Wildman–Crippen LogP) is 4.03. The van der Waals surface area contributed by atoms with Crippen LogP contribution in [0.2, 0.25) is 0 Å². The fourth-order valence-corrected chi connectivity index (χ4v) is 2.92. The first-order chi connectivity index (χ1) is 8.26. The summed E-state index contributed by atoms with van der Waals surface area (Å²) >= 11 is 0. The molecule has 1 heteroatoms. The second-order valence-electron chi connectivity index (χ2n) is 5.37. The van der Waals surface area contributed by atoms with Crippen molar-refractivity contribution in [1.82, 2.24) is 0 Å². The van der Waals surface area contributed by atoms with E-state index in [0.29, 0.717) is 6.61 Å². The first-order valence-corrected chi connectivity index (χ1v) is 6.60. The highest BCUT2D eigenvalue weighted by Gasteiger charge is 2.31. The van der Waals surface area contributed by atoms with E-state index in [1.807, 2.05) is 18.2 Å². The van der Waals surface area contributed by atoms with Crippen molar-refractivity contribution in [3.05, 3.63) is 42.5 Å². The van der Waals surface area contributed by atoms with Crippen LogP contribution in [0.4, 0.5) is 0 Å². The predicted molar refractivity (Wildman–Crippen MR) is 72.7 cm³/mol. The average molecular weight is 230 g/mol. The first kappa shape index (κ1) is 12.4. The lowest BCUT2D eigenvalue weighted by molar-refractivity contribution is 0.0872. The molecule has 1 saturated carbocycles. The molecule has 0 heterocycles. The highest BCUT2D eigenvalue weighted by atomic mass is 16.3.